The summed E-state index contributed by atoms with van der Waals surface area (Å²) in [5.41, 5.74) is 3.18. The van der Waals surface area contributed by atoms with Gasteiger partial charge in [-0.3, -0.25) is 0 Å². The fraction of sp³-hybridized carbons (Fsp3) is 0.250. The summed E-state index contributed by atoms with van der Waals surface area (Å²) in [5, 5.41) is 8.72. The number of benzene rings is 1. The molecule has 0 fully saturated rings. The zero-order valence-electron chi connectivity index (χ0n) is 6.26. The summed E-state index contributed by atoms with van der Waals surface area (Å²) < 4.78 is 0. The Morgan fingerprint density at radius 3 is 2.50 bits per heavy atom. The Morgan fingerprint density at radius 2 is 2.00 bits per heavy atom. The zero-order valence-corrected chi connectivity index (χ0v) is 6.26. The molecular formula is C8H10BO. The molecule has 0 aliphatic carbocycles. The predicted octanol–water partition coefficient (Wildman–Crippen LogP) is 0.540. The standard InChI is InChI=1S/C8H10BO/c1-6-3-4-7(2)8(5-6)9-10/h3-5,10H,1-2H3. The molecule has 0 unspecified atom stereocenters. The molecule has 51 valence electrons. The molecule has 1 rings (SSSR count). The molecule has 2 heteroatoms. The maximum Gasteiger partial charge on any atom is 0.327 e. The van der Waals surface area contributed by atoms with Gasteiger partial charge in [0.15, 0.2) is 0 Å². The highest BCUT2D eigenvalue weighted by atomic mass is 16.2. The second-order valence-electron chi connectivity index (χ2n) is 2.49. The van der Waals surface area contributed by atoms with Crippen molar-refractivity contribution < 1.29 is 5.02 Å². The average Bonchev–Trinajstić information content (AvgIpc) is 1.94. The Labute approximate surface area is 62.0 Å². The van der Waals surface area contributed by atoms with Crippen LogP contribution in [0, 0.1) is 13.8 Å². The van der Waals surface area contributed by atoms with Gasteiger partial charge in [0, 0.05) is 0 Å². The molecule has 0 bridgehead atoms. The van der Waals surface area contributed by atoms with Gasteiger partial charge in [0.25, 0.3) is 0 Å². The third kappa shape index (κ3) is 1.39. The van der Waals surface area contributed by atoms with Crippen molar-refractivity contribution in [2.75, 3.05) is 0 Å². The number of rotatable bonds is 1. The third-order valence-electron chi connectivity index (χ3n) is 1.57. The minimum Gasteiger partial charge on any atom is -0.450 e. The molecule has 1 aromatic carbocycles. The van der Waals surface area contributed by atoms with Gasteiger partial charge >= 0.3 is 7.48 Å². The molecule has 0 spiro atoms. The van der Waals surface area contributed by atoms with Crippen molar-refractivity contribution in [3.63, 3.8) is 0 Å². The van der Waals surface area contributed by atoms with Crippen LogP contribution >= 0.6 is 0 Å². The summed E-state index contributed by atoms with van der Waals surface area (Å²) in [6, 6.07) is 5.98. The first-order valence-electron chi connectivity index (χ1n) is 3.28. The normalized spacial score (nSPS) is 9.50. The van der Waals surface area contributed by atoms with Gasteiger partial charge in [0.05, 0.1) is 0 Å². The second-order valence-corrected chi connectivity index (χ2v) is 2.49. The van der Waals surface area contributed by atoms with E-state index in [1.54, 1.807) is 0 Å². The van der Waals surface area contributed by atoms with E-state index in [4.69, 9.17) is 5.02 Å². The van der Waals surface area contributed by atoms with Gasteiger partial charge in [-0.1, -0.05) is 34.8 Å². The van der Waals surface area contributed by atoms with Gasteiger partial charge in [0.1, 0.15) is 0 Å². The van der Waals surface area contributed by atoms with Crippen molar-refractivity contribution >= 4 is 12.9 Å². The lowest BCUT2D eigenvalue weighted by molar-refractivity contribution is 0.615. The van der Waals surface area contributed by atoms with Crippen molar-refractivity contribution in [2.45, 2.75) is 13.8 Å². The van der Waals surface area contributed by atoms with Crippen LogP contribution in [0.4, 0.5) is 0 Å². The van der Waals surface area contributed by atoms with Gasteiger partial charge in [-0.15, -0.1) is 0 Å². The summed E-state index contributed by atoms with van der Waals surface area (Å²) in [7, 11) is 1.14. The molecule has 10 heavy (non-hydrogen) atoms. The van der Waals surface area contributed by atoms with Crippen LogP contribution in [-0.4, -0.2) is 12.5 Å². The highest BCUT2D eigenvalue weighted by molar-refractivity contribution is 6.46. The fourth-order valence-electron chi connectivity index (χ4n) is 0.899. The SMILES string of the molecule is Cc1ccc(C)c([B]O)c1. The first-order valence-corrected chi connectivity index (χ1v) is 3.28. The largest absolute Gasteiger partial charge is 0.450 e. The van der Waals surface area contributed by atoms with E-state index in [0.29, 0.717) is 0 Å². The summed E-state index contributed by atoms with van der Waals surface area (Å²) in [6.45, 7) is 3.98. The van der Waals surface area contributed by atoms with E-state index in [9.17, 15) is 0 Å². The van der Waals surface area contributed by atoms with E-state index in [1.807, 2.05) is 32.0 Å². The van der Waals surface area contributed by atoms with Crippen LogP contribution < -0.4 is 5.46 Å². The molecule has 1 aromatic rings. The van der Waals surface area contributed by atoms with Crippen molar-refractivity contribution in [3.05, 3.63) is 29.3 Å². The molecule has 0 heterocycles. The lowest BCUT2D eigenvalue weighted by atomic mass is 9.84. The molecule has 0 aliphatic rings. The van der Waals surface area contributed by atoms with Crippen molar-refractivity contribution in [1.29, 1.82) is 0 Å². The minimum atomic E-state index is 0.903. The van der Waals surface area contributed by atoms with Crippen molar-refractivity contribution in [1.82, 2.24) is 0 Å². The van der Waals surface area contributed by atoms with Gasteiger partial charge in [-0.2, -0.15) is 0 Å². The second kappa shape index (κ2) is 2.89. The highest BCUT2D eigenvalue weighted by Crippen LogP contribution is 1.97. The molecule has 0 aliphatic heterocycles. The lowest BCUT2D eigenvalue weighted by Gasteiger charge is -2.00. The Balaban J connectivity index is 3.09. The minimum absolute atomic E-state index is 0.903. The molecule has 0 aromatic heterocycles. The molecule has 0 saturated heterocycles. The molecule has 1 radical (unpaired) electrons. The first kappa shape index (κ1) is 7.35. The van der Waals surface area contributed by atoms with Crippen LogP contribution in [0.5, 0.6) is 0 Å². The Morgan fingerprint density at radius 1 is 1.30 bits per heavy atom. The Kier molecular flexibility index (Phi) is 2.12. The Bertz CT molecular complexity index is 233. The molecule has 0 atom stereocenters. The third-order valence-corrected chi connectivity index (χ3v) is 1.57. The lowest BCUT2D eigenvalue weighted by Crippen LogP contribution is -2.16. The highest BCUT2D eigenvalue weighted by Gasteiger charge is 1.96. The van der Waals surface area contributed by atoms with E-state index in [2.05, 4.69) is 0 Å². The zero-order chi connectivity index (χ0) is 7.56. The monoisotopic (exact) mass is 133 g/mol. The summed E-state index contributed by atoms with van der Waals surface area (Å²) >= 11 is 0. The van der Waals surface area contributed by atoms with Gasteiger partial charge in [-0.05, 0) is 13.8 Å². The Hall–Kier alpha value is -0.755. The molecule has 0 amide bonds. The quantitative estimate of drug-likeness (QED) is 0.554. The van der Waals surface area contributed by atoms with E-state index in [1.165, 1.54) is 5.56 Å². The van der Waals surface area contributed by atoms with E-state index < -0.39 is 0 Å². The van der Waals surface area contributed by atoms with E-state index >= 15 is 0 Å². The topological polar surface area (TPSA) is 20.2 Å². The fourth-order valence-corrected chi connectivity index (χ4v) is 0.899. The van der Waals surface area contributed by atoms with Gasteiger partial charge < -0.3 is 5.02 Å². The molecule has 0 saturated carbocycles. The average molecular weight is 133 g/mol. The van der Waals surface area contributed by atoms with Crippen molar-refractivity contribution in [3.8, 4) is 0 Å². The molecular weight excluding hydrogens is 123 g/mol. The van der Waals surface area contributed by atoms with Crippen molar-refractivity contribution in [2.24, 2.45) is 0 Å². The van der Waals surface area contributed by atoms with Crippen LogP contribution in [0.3, 0.4) is 0 Å². The number of aryl methyl sites for hydroxylation is 2. The molecule has 1 nitrogen and oxygen atoms in total. The van der Waals surface area contributed by atoms with Crippen LogP contribution in [0.1, 0.15) is 11.1 Å². The van der Waals surface area contributed by atoms with Crippen LogP contribution in [0.2, 0.25) is 0 Å². The maximum absolute atomic E-state index is 8.72. The maximum atomic E-state index is 8.72. The molecule has 1 N–H and O–H groups in total. The summed E-state index contributed by atoms with van der Waals surface area (Å²) in [6.07, 6.45) is 0. The number of hydrogen-bond donors (Lipinski definition) is 1. The van der Waals surface area contributed by atoms with Crippen LogP contribution in [0.15, 0.2) is 18.2 Å². The van der Waals surface area contributed by atoms with Crippen LogP contribution in [-0.2, 0) is 0 Å². The van der Waals surface area contributed by atoms with Crippen LogP contribution in [0.25, 0.3) is 0 Å². The van der Waals surface area contributed by atoms with E-state index in [0.717, 1.165) is 18.5 Å². The number of hydrogen-bond acceptors (Lipinski definition) is 1. The van der Waals surface area contributed by atoms with Gasteiger partial charge in [0.2, 0.25) is 0 Å². The van der Waals surface area contributed by atoms with E-state index in [-0.39, 0.29) is 0 Å². The first-order chi connectivity index (χ1) is 4.74. The summed E-state index contributed by atoms with van der Waals surface area (Å²) in [4.78, 5) is 0. The summed E-state index contributed by atoms with van der Waals surface area (Å²) in [5.74, 6) is 0. The predicted molar refractivity (Wildman–Crippen MR) is 43.5 cm³/mol. The van der Waals surface area contributed by atoms with Gasteiger partial charge in [-0.25, -0.2) is 0 Å². The smallest absolute Gasteiger partial charge is 0.327 e.